The van der Waals surface area contributed by atoms with Gasteiger partial charge in [-0.15, -0.1) is 0 Å². The Balaban J connectivity index is 2.55. The third kappa shape index (κ3) is 2.86. The summed E-state index contributed by atoms with van der Waals surface area (Å²) >= 11 is 0. The van der Waals surface area contributed by atoms with Gasteiger partial charge in [0.25, 0.3) is 0 Å². The van der Waals surface area contributed by atoms with Gasteiger partial charge in [0.1, 0.15) is 5.92 Å². The molecule has 0 N–H and O–H groups in total. The quantitative estimate of drug-likeness (QED) is 0.704. The molecule has 0 radical (unpaired) electrons. The fourth-order valence-corrected chi connectivity index (χ4v) is 1.78. The minimum absolute atomic E-state index is 0.370. The van der Waals surface area contributed by atoms with E-state index < -0.39 is 18.0 Å². The van der Waals surface area contributed by atoms with Gasteiger partial charge in [-0.2, -0.15) is 13.2 Å². The van der Waals surface area contributed by atoms with E-state index in [2.05, 4.69) is 0 Å². The molecule has 0 saturated carbocycles. The van der Waals surface area contributed by atoms with E-state index in [0.717, 1.165) is 19.8 Å². The smallest absolute Gasteiger partial charge is 0.342 e. The molecule has 0 spiro atoms. The average Bonchev–Trinajstić information content (AvgIpc) is 2.62. The van der Waals surface area contributed by atoms with E-state index >= 15 is 0 Å². The molecular weight excluding hydrogens is 207 g/mol. The summed E-state index contributed by atoms with van der Waals surface area (Å²) < 4.78 is 36.9. The zero-order valence-corrected chi connectivity index (χ0v) is 8.97. The van der Waals surface area contributed by atoms with Crippen LogP contribution in [0.2, 0.25) is 0 Å². The summed E-state index contributed by atoms with van der Waals surface area (Å²) in [5, 5.41) is 0. The molecule has 0 aromatic rings. The van der Waals surface area contributed by atoms with Gasteiger partial charge in [-0.3, -0.25) is 4.79 Å². The second-order valence-electron chi connectivity index (χ2n) is 4.11. The molecule has 1 saturated heterocycles. The van der Waals surface area contributed by atoms with Gasteiger partial charge in [0.2, 0.25) is 5.91 Å². The standard InChI is InChI=1S/C10H16F3NO/c1-3-8-4-5-14(6-8)9(15)7(2)10(11,12)13/h7-8H,3-6H2,1-2H3. The summed E-state index contributed by atoms with van der Waals surface area (Å²) in [6.45, 7) is 3.88. The van der Waals surface area contributed by atoms with Gasteiger partial charge in [-0.1, -0.05) is 13.3 Å². The van der Waals surface area contributed by atoms with Crippen molar-refractivity contribution in [2.45, 2.75) is 32.9 Å². The lowest BCUT2D eigenvalue weighted by molar-refractivity contribution is -0.184. The zero-order chi connectivity index (χ0) is 11.6. The number of alkyl halides is 3. The molecule has 1 fully saturated rings. The van der Waals surface area contributed by atoms with Crippen molar-refractivity contribution in [3.05, 3.63) is 0 Å². The molecule has 2 unspecified atom stereocenters. The van der Waals surface area contributed by atoms with E-state index in [0.29, 0.717) is 19.0 Å². The molecule has 1 heterocycles. The topological polar surface area (TPSA) is 20.3 Å². The van der Waals surface area contributed by atoms with Gasteiger partial charge in [-0.05, 0) is 19.3 Å². The van der Waals surface area contributed by atoms with Crippen LogP contribution in [-0.2, 0) is 4.79 Å². The van der Waals surface area contributed by atoms with Crippen molar-refractivity contribution in [1.82, 2.24) is 4.90 Å². The zero-order valence-electron chi connectivity index (χ0n) is 8.97. The summed E-state index contributed by atoms with van der Waals surface area (Å²) in [4.78, 5) is 12.8. The Morgan fingerprint density at radius 3 is 2.53 bits per heavy atom. The van der Waals surface area contributed by atoms with Crippen molar-refractivity contribution in [2.24, 2.45) is 11.8 Å². The third-order valence-electron chi connectivity index (χ3n) is 3.04. The molecule has 0 aliphatic carbocycles. The fourth-order valence-electron chi connectivity index (χ4n) is 1.78. The predicted molar refractivity (Wildman–Crippen MR) is 50.2 cm³/mol. The summed E-state index contributed by atoms with van der Waals surface area (Å²) in [6, 6.07) is 0. The van der Waals surface area contributed by atoms with E-state index in [-0.39, 0.29) is 0 Å². The number of nitrogens with zero attached hydrogens (tertiary/aromatic N) is 1. The molecule has 2 atom stereocenters. The molecule has 0 bridgehead atoms. The Hall–Kier alpha value is -0.740. The first-order chi connectivity index (χ1) is 6.86. The van der Waals surface area contributed by atoms with E-state index in [1.807, 2.05) is 6.92 Å². The molecule has 1 amide bonds. The highest BCUT2D eigenvalue weighted by atomic mass is 19.4. The van der Waals surface area contributed by atoms with Crippen LogP contribution in [0.3, 0.4) is 0 Å². The van der Waals surface area contributed by atoms with Gasteiger partial charge in [0.15, 0.2) is 0 Å². The first-order valence-electron chi connectivity index (χ1n) is 5.21. The van der Waals surface area contributed by atoms with Crippen LogP contribution in [0.4, 0.5) is 13.2 Å². The summed E-state index contributed by atoms with van der Waals surface area (Å²) in [6.07, 6.45) is -2.67. The molecule has 5 heteroatoms. The molecule has 88 valence electrons. The maximum Gasteiger partial charge on any atom is 0.400 e. The third-order valence-corrected chi connectivity index (χ3v) is 3.04. The van der Waals surface area contributed by atoms with Gasteiger partial charge < -0.3 is 4.90 Å². The predicted octanol–water partition coefficient (Wildman–Crippen LogP) is 2.44. The number of amides is 1. The molecule has 0 aromatic carbocycles. The van der Waals surface area contributed by atoms with Gasteiger partial charge in [-0.25, -0.2) is 0 Å². The highest BCUT2D eigenvalue weighted by Crippen LogP contribution is 2.29. The minimum Gasteiger partial charge on any atom is -0.342 e. The van der Waals surface area contributed by atoms with Crippen LogP contribution in [0.15, 0.2) is 0 Å². The Labute approximate surface area is 87.4 Å². The van der Waals surface area contributed by atoms with Crippen LogP contribution >= 0.6 is 0 Å². The van der Waals surface area contributed by atoms with Crippen molar-refractivity contribution in [1.29, 1.82) is 0 Å². The minimum atomic E-state index is -4.42. The fraction of sp³-hybridized carbons (Fsp3) is 0.900. The van der Waals surface area contributed by atoms with Crippen LogP contribution in [0.25, 0.3) is 0 Å². The lowest BCUT2D eigenvalue weighted by Crippen LogP contribution is -2.39. The largest absolute Gasteiger partial charge is 0.400 e. The summed E-state index contributed by atoms with van der Waals surface area (Å²) in [7, 11) is 0. The van der Waals surface area contributed by atoms with Crippen LogP contribution in [0, 0.1) is 11.8 Å². The first kappa shape index (κ1) is 12.3. The van der Waals surface area contributed by atoms with Crippen LogP contribution in [0.5, 0.6) is 0 Å². The highest BCUT2D eigenvalue weighted by Gasteiger charge is 2.43. The van der Waals surface area contributed by atoms with Crippen molar-refractivity contribution < 1.29 is 18.0 Å². The van der Waals surface area contributed by atoms with E-state index in [1.165, 1.54) is 4.90 Å². The normalized spacial score (nSPS) is 24.3. The number of rotatable bonds is 2. The molecule has 1 aliphatic heterocycles. The molecular formula is C10H16F3NO. The van der Waals surface area contributed by atoms with Crippen LogP contribution in [0.1, 0.15) is 26.7 Å². The van der Waals surface area contributed by atoms with E-state index in [4.69, 9.17) is 0 Å². The van der Waals surface area contributed by atoms with Gasteiger partial charge in [0.05, 0.1) is 0 Å². The highest BCUT2D eigenvalue weighted by molar-refractivity contribution is 5.79. The summed E-state index contributed by atoms with van der Waals surface area (Å²) in [5.74, 6) is -2.28. The maximum absolute atomic E-state index is 12.3. The first-order valence-corrected chi connectivity index (χ1v) is 5.21. The molecule has 1 rings (SSSR count). The van der Waals surface area contributed by atoms with Gasteiger partial charge >= 0.3 is 6.18 Å². The second-order valence-corrected chi connectivity index (χ2v) is 4.11. The van der Waals surface area contributed by atoms with E-state index in [9.17, 15) is 18.0 Å². The van der Waals surface area contributed by atoms with Gasteiger partial charge in [0, 0.05) is 13.1 Å². The number of hydrogen-bond acceptors (Lipinski definition) is 1. The lowest BCUT2D eigenvalue weighted by Gasteiger charge is -2.22. The molecule has 1 aliphatic rings. The monoisotopic (exact) mass is 223 g/mol. The van der Waals surface area contributed by atoms with E-state index in [1.54, 1.807) is 0 Å². The number of hydrogen-bond donors (Lipinski definition) is 0. The number of carbonyl (C=O) groups is 1. The number of halogens is 3. The lowest BCUT2D eigenvalue weighted by atomic mass is 10.1. The summed E-state index contributed by atoms with van der Waals surface area (Å²) in [5.41, 5.74) is 0. The second kappa shape index (κ2) is 4.41. The maximum atomic E-state index is 12.3. The molecule has 2 nitrogen and oxygen atoms in total. The Morgan fingerprint density at radius 1 is 1.53 bits per heavy atom. The number of likely N-dealkylation sites (tertiary alicyclic amines) is 1. The Kier molecular flexibility index (Phi) is 3.62. The van der Waals surface area contributed by atoms with Crippen molar-refractivity contribution in [3.8, 4) is 0 Å². The Bertz CT molecular complexity index is 239. The van der Waals surface area contributed by atoms with Crippen molar-refractivity contribution in [2.75, 3.05) is 13.1 Å². The molecule has 15 heavy (non-hydrogen) atoms. The van der Waals surface area contributed by atoms with Crippen molar-refractivity contribution in [3.63, 3.8) is 0 Å². The molecule has 0 aromatic heterocycles. The average molecular weight is 223 g/mol. The van der Waals surface area contributed by atoms with Crippen LogP contribution < -0.4 is 0 Å². The Morgan fingerprint density at radius 2 is 2.13 bits per heavy atom. The SMILES string of the molecule is CCC1CCN(C(=O)C(C)C(F)(F)F)C1. The number of carbonyl (C=O) groups excluding carboxylic acids is 1. The van der Waals surface area contributed by atoms with Crippen molar-refractivity contribution >= 4 is 5.91 Å². The van der Waals surface area contributed by atoms with Crippen LogP contribution in [-0.4, -0.2) is 30.1 Å².